The van der Waals surface area contributed by atoms with Gasteiger partial charge in [-0.05, 0) is 25.7 Å². The number of rotatable bonds is 0. The lowest BCUT2D eigenvalue weighted by molar-refractivity contribution is -0.201. The lowest BCUT2D eigenvalue weighted by Crippen LogP contribution is -2.47. The van der Waals surface area contributed by atoms with Crippen molar-refractivity contribution in [2.24, 2.45) is 0 Å². The highest BCUT2D eigenvalue weighted by Gasteiger charge is 2.54. The third-order valence-corrected chi connectivity index (χ3v) is 4.16. The number of ether oxygens (including phenoxy) is 2. The Bertz CT molecular complexity index is 242. The topological polar surface area (TPSA) is 58.9 Å². The van der Waals surface area contributed by atoms with Crippen LogP contribution in [0.1, 0.15) is 44.9 Å². The van der Waals surface area contributed by atoms with Crippen LogP contribution in [0.2, 0.25) is 0 Å². The number of aliphatic hydroxyl groups is 2. The molecule has 4 heteroatoms. The number of hydrogen-bond acceptors (Lipinski definition) is 4. The van der Waals surface area contributed by atoms with Crippen molar-refractivity contribution >= 4 is 0 Å². The minimum atomic E-state index is -0.500. The van der Waals surface area contributed by atoms with Crippen molar-refractivity contribution < 1.29 is 19.7 Å². The van der Waals surface area contributed by atoms with Gasteiger partial charge in [-0.2, -0.15) is 0 Å². The number of aliphatic hydroxyl groups excluding tert-OH is 2. The SMILES string of the molecule is O[C@H]1CC[C@H](O)[C@H]2OC3(CCCCC3)O[C@H]21. The first kappa shape index (κ1) is 11.0. The Labute approximate surface area is 95.6 Å². The van der Waals surface area contributed by atoms with Crippen LogP contribution in [-0.2, 0) is 9.47 Å². The summed E-state index contributed by atoms with van der Waals surface area (Å²) < 4.78 is 11.9. The van der Waals surface area contributed by atoms with Crippen molar-refractivity contribution in [3.63, 3.8) is 0 Å². The molecule has 92 valence electrons. The van der Waals surface area contributed by atoms with Gasteiger partial charge in [0, 0.05) is 12.8 Å². The summed E-state index contributed by atoms with van der Waals surface area (Å²) in [6.45, 7) is 0. The van der Waals surface area contributed by atoms with E-state index in [0.717, 1.165) is 25.7 Å². The molecule has 3 fully saturated rings. The maximum atomic E-state index is 9.90. The quantitative estimate of drug-likeness (QED) is 0.648. The summed E-state index contributed by atoms with van der Waals surface area (Å²) in [7, 11) is 0. The standard InChI is InChI=1S/C12H20O4/c13-8-4-5-9(14)11-10(8)15-12(16-11)6-2-1-3-7-12/h8-11,13-14H,1-7H2/t8-,9-,10-,11+/m0/s1. The highest BCUT2D eigenvalue weighted by molar-refractivity contribution is 4.97. The van der Waals surface area contributed by atoms with Crippen LogP contribution in [0.4, 0.5) is 0 Å². The second-order valence-corrected chi connectivity index (χ2v) is 5.35. The molecular formula is C12H20O4. The molecule has 4 atom stereocenters. The van der Waals surface area contributed by atoms with Crippen LogP contribution >= 0.6 is 0 Å². The molecule has 1 aliphatic heterocycles. The summed E-state index contributed by atoms with van der Waals surface area (Å²) in [4.78, 5) is 0. The minimum absolute atomic E-state index is 0.318. The maximum absolute atomic E-state index is 9.90. The molecule has 2 saturated carbocycles. The van der Waals surface area contributed by atoms with Gasteiger partial charge in [0.1, 0.15) is 12.2 Å². The Balaban J connectivity index is 1.77. The summed E-state index contributed by atoms with van der Waals surface area (Å²) in [5, 5.41) is 19.8. The van der Waals surface area contributed by atoms with Crippen LogP contribution in [0.25, 0.3) is 0 Å². The molecule has 0 aromatic carbocycles. The third kappa shape index (κ3) is 1.68. The van der Waals surface area contributed by atoms with E-state index in [0.29, 0.717) is 12.8 Å². The lowest BCUT2D eigenvalue weighted by Gasteiger charge is -2.32. The Kier molecular flexibility index (Phi) is 2.70. The van der Waals surface area contributed by atoms with Gasteiger partial charge in [0.2, 0.25) is 0 Å². The molecule has 1 heterocycles. The number of fused-ring (bicyclic) bond motifs is 1. The predicted octanol–water partition coefficient (Wildman–Crippen LogP) is 0.946. The predicted molar refractivity (Wildman–Crippen MR) is 56.8 cm³/mol. The van der Waals surface area contributed by atoms with E-state index in [1.807, 2.05) is 0 Å². The van der Waals surface area contributed by atoms with Crippen molar-refractivity contribution in [1.29, 1.82) is 0 Å². The molecule has 0 aromatic heterocycles. The van der Waals surface area contributed by atoms with Crippen molar-refractivity contribution in [3.05, 3.63) is 0 Å². The van der Waals surface area contributed by atoms with E-state index in [4.69, 9.17) is 9.47 Å². The third-order valence-electron chi connectivity index (χ3n) is 4.16. The lowest BCUT2D eigenvalue weighted by atomic mass is 9.90. The van der Waals surface area contributed by atoms with E-state index < -0.39 is 18.0 Å². The molecule has 2 aliphatic carbocycles. The molecule has 1 spiro atoms. The second kappa shape index (κ2) is 3.95. The molecular weight excluding hydrogens is 208 g/mol. The monoisotopic (exact) mass is 228 g/mol. The van der Waals surface area contributed by atoms with E-state index >= 15 is 0 Å². The van der Waals surface area contributed by atoms with Crippen molar-refractivity contribution in [1.82, 2.24) is 0 Å². The van der Waals surface area contributed by atoms with Crippen LogP contribution in [-0.4, -0.2) is 40.4 Å². The molecule has 0 bridgehead atoms. The van der Waals surface area contributed by atoms with Gasteiger partial charge >= 0.3 is 0 Å². The molecule has 0 aromatic rings. The van der Waals surface area contributed by atoms with Gasteiger partial charge in [-0.1, -0.05) is 6.42 Å². The number of hydrogen-bond donors (Lipinski definition) is 2. The average molecular weight is 228 g/mol. The minimum Gasteiger partial charge on any atom is -0.390 e. The normalized spacial score (nSPS) is 46.9. The van der Waals surface area contributed by atoms with Gasteiger partial charge in [-0.15, -0.1) is 0 Å². The van der Waals surface area contributed by atoms with Gasteiger partial charge < -0.3 is 19.7 Å². The molecule has 16 heavy (non-hydrogen) atoms. The molecule has 3 aliphatic rings. The van der Waals surface area contributed by atoms with Crippen LogP contribution in [0.3, 0.4) is 0 Å². The fraction of sp³-hybridized carbons (Fsp3) is 1.00. The molecule has 0 amide bonds. The molecule has 3 rings (SSSR count). The maximum Gasteiger partial charge on any atom is 0.169 e. The summed E-state index contributed by atoms with van der Waals surface area (Å²) in [6.07, 6.45) is 4.90. The first-order chi connectivity index (χ1) is 7.70. The Morgan fingerprint density at radius 2 is 1.31 bits per heavy atom. The largest absolute Gasteiger partial charge is 0.390 e. The van der Waals surface area contributed by atoms with E-state index in [-0.39, 0.29) is 12.2 Å². The summed E-state index contributed by atoms with van der Waals surface area (Å²) in [5.74, 6) is -0.500. The zero-order chi connectivity index (χ0) is 11.2. The Hall–Kier alpha value is -0.160. The van der Waals surface area contributed by atoms with Gasteiger partial charge in [-0.25, -0.2) is 0 Å². The molecule has 1 saturated heterocycles. The Morgan fingerprint density at radius 3 is 1.81 bits per heavy atom. The van der Waals surface area contributed by atoms with Gasteiger partial charge in [0.15, 0.2) is 5.79 Å². The second-order valence-electron chi connectivity index (χ2n) is 5.35. The fourth-order valence-corrected chi connectivity index (χ4v) is 3.25. The highest BCUT2D eigenvalue weighted by Crippen LogP contribution is 2.44. The van der Waals surface area contributed by atoms with Crippen LogP contribution in [0, 0.1) is 0 Å². The first-order valence-electron chi connectivity index (χ1n) is 6.42. The zero-order valence-corrected chi connectivity index (χ0v) is 9.47. The smallest absolute Gasteiger partial charge is 0.169 e. The Morgan fingerprint density at radius 1 is 0.812 bits per heavy atom. The van der Waals surface area contributed by atoms with E-state index in [2.05, 4.69) is 0 Å². The van der Waals surface area contributed by atoms with Gasteiger partial charge in [0.25, 0.3) is 0 Å². The van der Waals surface area contributed by atoms with Crippen molar-refractivity contribution in [2.45, 2.75) is 75.1 Å². The van der Waals surface area contributed by atoms with Gasteiger partial charge in [-0.3, -0.25) is 0 Å². The first-order valence-corrected chi connectivity index (χ1v) is 6.42. The van der Waals surface area contributed by atoms with E-state index in [1.165, 1.54) is 6.42 Å². The van der Waals surface area contributed by atoms with Crippen LogP contribution < -0.4 is 0 Å². The van der Waals surface area contributed by atoms with E-state index in [1.54, 1.807) is 0 Å². The van der Waals surface area contributed by atoms with Crippen LogP contribution in [0.5, 0.6) is 0 Å². The summed E-state index contributed by atoms with van der Waals surface area (Å²) >= 11 is 0. The molecule has 0 unspecified atom stereocenters. The van der Waals surface area contributed by atoms with Crippen molar-refractivity contribution in [2.75, 3.05) is 0 Å². The molecule has 4 nitrogen and oxygen atoms in total. The fourth-order valence-electron chi connectivity index (χ4n) is 3.25. The highest BCUT2D eigenvalue weighted by atomic mass is 16.8. The molecule has 2 N–H and O–H groups in total. The van der Waals surface area contributed by atoms with E-state index in [9.17, 15) is 10.2 Å². The van der Waals surface area contributed by atoms with Crippen molar-refractivity contribution in [3.8, 4) is 0 Å². The summed E-state index contributed by atoms with van der Waals surface area (Å²) in [5.41, 5.74) is 0. The summed E-state index contributed by atoms with van der Waals surface area (Å²) in [6, 6.07) is 0. The average Bonchev–Trinajstić information content (AvgIpc) is 2.65. The van der Waals surface area contributed by atoms with Crippen LogP contribution in [0.15, 0.2) is 0 Å². The molecule has 0 radical (unpaired) electrons. The zero-order valence-electron chi connectivity index (χ0n) is 9.47. The van der Waals surface area contributed by atoms with Gasteiger partial charge in [0.05, 0.1) is 12.2 Å².